The third kappa shape index (κ3) is 22.4. The van der Waals surface area contributed by atoms with Gasteiger partial charge in [0.05, 0.1) is 13.7 Å². The molecule has 0 heterocycles. The average Bonchev–Trinajstić information content (AvgIpc) is 2.62. The minimum Gasteiger partial charge on any atom is -0.466 e. The maximum absolute atomic E-state index is 11.1. The monoisotopic (exact) mass is 354 g/mol. The van der Waals surface area contributed by atoms with Gasteiger partial charge in [-0.3, -0.25) is 0 Å². The van der Waals surface area contributed by atoms with Gasteiger partial charge >= 0.3 is 11.9 Å². The summed E-state index contributed by atoms with van der Waals surface area (Å²) < 4.78 is 9.19. The number of hydrogen-bond acceptors (Lipinski definition) is 4. The highest BCUT2D eigenvalue weighted by atomic mass is 16.5. The summed E-state index contributed by atoms with van der Waals surface area (Å²) in [5, 5.41) is 0. The Morgan fingerprint density at radius 2 is 1.32 bits per heavy atom. The molecule has 0 N–H and O–H groups in total. The number of methoxy groups -OCH3 is 1. The summed E-state index contributed by atoms with van der Waals surface area (Å²) in [4.78, 5) is 20.9. The van der Waals surface area contributed by atoms with Gasteiger partial charge in [-0.25, -0.2) is 9.59 Å². The van der Waals surface area contributed by atoms with Crippen LogP contribution < -0.4 is 0 Å². The molecule has 0 saturated heterocycles. The van der Waals surface area contributed by atoms with Crippen LogP contribution in [0.4, 0.5) is 0 Å². The first kappa shape index (κ1) is 25.7. The topological polar surface area (TPSA) is 52.6 Å². The highest BCUT2D eigenvalue weighted by Gasteiger charge is 2.01. The molecule has 0 spiro atoms. The SMILES string of the molecule is C=C(C)C(=O)OCCCCCCCCCCCCC.C=CC(=O)OC. The molecule has 0 aliphatic heterocycles. The van der Waals surface area contributed by atoms with Crippen LogP contribution in [0.25, 0.3) is 0 Å². The average molecular weight is 355 g/mol. The Bertz CT molecular complexity index is 361. The molecule has 0 aromatic rings. The molecule has 0 aliphatic rings. The van der Waals surface area contributed by atoms with E-state index in [4.69, 9.17) is 4.74 Å². The first-order chi connectivity index (χ1) is 12.0. The van der Waals surface area contributed by atoms with Crippen molar-refractivity contribution in [1.29, 1.82) is 0 Å². The van der Waals surface area contributed by atoms with Crippen molar-refractivity contribution in [3.63, 3.8) is 0 Å². The van der Waals surface area contributed by atoms with E-state index in [-0.39, 0.29) is 5.97 Å². The molecule has 0 fully saturated rings. The van der Waals surface area contributed by atoms with Crippen molar-refractivity contribution in [2.75, 3.05) is 13.7 Å². The van der Waals surface area contributed by atoms with Gasteiger partial charge in [-0.05, 0) is 13.3 Å². The van der Waals surface area contributed by atoms with Crippen LogP contribution in [0.1, 0.15) is 84.5 Å². The van der Waals surface area contributed by atoms with Crippen molar-refractivity contribution in [3.05, 3.63) is 24.8 Å². The Morgan fingerprint density at radius 3 is 1.64 bits per heavy atom. The molecule has 4 nitrogen and oxygen atoms in total. The molecular weight excluding hydrogens is 316 g/mol. The van der Waals surface area contributed by atoms with Gasteiger partial charge < -0.3 is 9.47 Å². The van der Waals surface area contributed by atoms with E-state index < -0.39 is 5.97 Å². The molecule has 0 atom stereocenters. The molecule has 0 unspecified atom stereocenters. The lowest BCUT2D eigenvalue weighted by Crippen LogP contribution is -2.05. The predicted molar refractivity (Wildman–Crippen MR) is 104 cm³/mol. The Morgan fingerprint density at radius 1 is 0.880 bits per heavy atom. The molecule has 0 aliphatic carbocycles. The third-order valence-electron chi connectivity index (χ3n) is 3.70. The molecule has 146 valence electrons. The normalized spacial score (nSPS) is 9.56. The van der Waals surface area contributed by atoms with Gasteiger partial charge in [-0.1, -0.05) is 84.3 Å². The van der Waals surface area contributed by atoms with E-state index >= 15 is 0 Å². The highest BCUT2D eigenvalue weighted by molar-refractivity contribution is 5.86. The zero-order chi connectivity index (χ0) is 19.3. The first-order valence-corrected chi connectivity index (χ1v) is 9.52. The van der Waals surface area contributed by atoms with Gasteiger partial charge in [0.15, 0.2) is 0 Å². The van der Waals surface area contributed by atoms with Crippen LogP contribution in [0, 0.1) is 0 Å². The second kappa shape index (κ2) is 20.5. The lowest BCUT2D eigenvalue weighted by atomic mass is 10.1. The molecule has 0 amide bonds. The largest absolute Gasteiger partial charge is 0.466 e. The molecule has 0 rings (SSSR count). The number of ether oxygens (including phenoxy) is 2. The Balaban J connectivity index is 0. The van der Waals surface area contributed by atoms with E-state index in [0.717, 1.165) is 12.5 Å². The lowest BCUT2D eigenvalue weighted by Gasteiger charge is -2.04. The number of unbranched alkanes of at least 4 members (excludes halogenated alkanes) is 10. The summed E-state index contributed by atoms with van der Waals surface area (Å²) in [6.07, 6.45) is 15.5. The number of hydrogen-bond donors (Lipinski definition) is 0. The lowest BCUT2D eigenvalue weighted by molar-refractivity contribution is -0.139. The first-order valence-electron chi connectivity index (χ1n) is 9.52. The molecule has 0 bridgehead atoms. The highest BCUT2D eigenvalue weighted by Crippen LogP contribution is 2.11. The summed E-state index contributed by atoms with van der Waals surface area (Å²) in [5.74, 6) is -0.651. The van der Waals surface area contributed by atoms with Crippen LogP contribution in [-0.4, -0.2) is 25.7 Å². The van der Waals surface area contributed by atoms with Crippen LogP contribution in [0.2, 0.25) is 0 Å². The Labute approximate surface area is 154 Å². The van der Waals surface area contributed by atoms with Gasteiger partial charge in [0.1, 0.15) is 0 Å². The van der Waals surface area contributed by atoms with Crippen molar-refractivity contribution in [2.24, 2.45) is 0 Å². The van der Waals surface area contributed by atoms with E-state index in [9.17, 15) is 9.59 Å². The Kier molecular flexibility index (Phi) is 21.0. The summed E-state index contributed by atoms with van der Waals surface area (Å²) >= 11 is 0. The quantitative estimate of drug-likeness (QED) is 0.226. The third-order valence-corrected chi connectivity index (χ3v) is 3.70. The van der Waals surface area contributed by atoms with Crippen molar-refractivity contribution >= 4 is 11.9 Å². The van der Waals surface area contributed by atoms with Crippen LogP contribution >= 0.6 is 0 Å². The summed E-state index contributed by atoms with van der Waals surface area (Å²) in [6, 6.07) is 0. The maximum Gasteiger partial charge on any atom is 0.333 e. The van der Waals surface area contributed by atoms with Crippen molar-refractivity contribution < 1.29 is 19.1 Å². The minimum atomic E-state index is -0.394. The molecule has 25 heavy (non-hydrogen) atoms. The maximum atomic E-state index is 11.1. The van der Waals surface area contributed by atoms with Crippen LogP contribution in [0.3, 0.4) is 0 Å². The van der Waals surface area contributed by atoms with Crippen LogP contribution in [0.15, 0.2) is 24.8 Å². The predicted octanol–water partition coefficient (Wildman–Crippen LogP) is 5.76. The zero-order valence-electron chi connectivity index (χ0n) is 16.6. The van der Waals surface area contributed by atoms with Crippen molar-refractivity contribution in [3.8, 4) is 0 Å². The van der Waals surface area contributed by atoms with Crippen LogP contribution in [0.5, 0.6) is 0 Å². The van der Waals surface area contributed by atoms with E-state index in [0.29, 0.717) is 12.2 Å². The fraction of sp³-hybridized carbons (Fsp3) is 0.714. The van der Waals surface area contributed by atoms with Gasteiger partial charge in [-0.2, -0.15) is 0 Å². The zero-order valence-corrected chi connectivity index (χ0v) is 16.6. The standard InChI is InChI=1S/C17H32O2.C4H6O2/c1-4-5-6-7-8-9-10-11-12-13-14-15-19-17(18)16(2)3;1-3-4(5)6-2/h2,4-15H2,1,3H3;3H,1H2,2H3. The smallest absolute Gasteiger partial charge is 0.333 e. The minimum absolute atomic E-state index is 0.257. The van der Waals surface area contributed by atoms with Gasteiger partial charge in [0, 0.05) is 11.6 Å². The van der Waals surface area contributed by atoms with E-state index in [1.54, 1.807) is 6.92 Å². The fourth-order valence-electron chi connectivity index (χ4n) is 2.14. The molecule has 4 heteroatoms. The van der Waals surface area contributed by atoms with E-state index in [1.807, 2.05) is 0 Å². The number of esters is 2. The van der Waals surface area contributed by atoms with Crippen molar-refractivity contribution in [2.45, 2.75) is 84.5 Å². The van der Waals surface area contributed by atoms with Crippen LogP contribution in [-0.2, 0) is 19.1 Å². The van der Waals surface area contributed by atoms with E-state index in [2.05, 4.69) is 24.8 Å². The van der Waals surface area contributed by atoms with Gasteiger partial charge in [0.25, 0.3) is 0 Å². The van der Waals surface area contributed by atoms with Crippen molar-refractivity contribution in [1.82, 2.24) is 0 Å². The molecule has 0 aromatic heterocycles. The number of carbonyl (C=O) groups excluding carboxylic acids is 2. The summed E-state index contributed by atoms with van der Waals surface area (Å²) in [6.45, 7) is 11.2. The number of rotatable bonds is 14. The number of carbonyl (C=O) groups is 2. The molecular formula is C21H38O4. The molecule has 0 radical (unpaired) electrons. The second-order valence-electron chi connectivity index (χ2n) is 6.18. The molecule has 0 saturated carbocycles. The molecule has 0 aromatic carbocycles. The fourth-order valence-corrected chi connectivity index (χ4v) is 2.14. The van der Waals surface area contributed by atoms with Gasteiger partial charge in [0.2, 0.25) is 0 Å². The van der Waals surface area contributed by atoms with E-state index in [1.165, 1.54) is 71.3 Å². The Hall–Kier alpha value is -1.58. The van der Waals surface area contributed by atoms with Gasteiger partial charge in [-0.15, -0.1) is 0 Å². The summed E-state index contributed by atoms with van der Waals surface area (Å²) in [7, 11) is 1.31. The summed E-state index contributed by atoms with van der Waals surface area (Å²) in [5.41, 5.74) is 0.489. The second-order valence-corrected chi connectivity index (χ2v) is 6.18.